The molecule has 25 heavy (non-hydrogen) atoms. The molecule has 142 valence electrons. The average Bonchev–Trinajstić information content (AvgIpc) is 2.86. The van der Waals surface area contributed by atoms with Crippen LogP contribution in [0.15, 0.2) is 0 Å². The Bertz CT molecular complexity index is 471. The Morgan fingerprint density at radius 2 is 1.68 bits per heavy atom. The first-order chi connectivity index (χ1) is 12.1. The lowest BCUT2D eigenvalue weighted by Crippen LogP contribution is -2.52. The molecule has 0 aromatic heterocycles. The van der Waals surface area contributed by atoms with Crippen molar-refractivity contribution in [2.75, 3.05) is 7.05 Å². The largest absolute Gasteiger partial charge is 0.462 e. The maximum absolute atomic E-state index is 13.2. The van der Waals surface area contributed by atoms with Crippen LogP contribution in [0.1, 0.15) is 77.0 Å². The Balaban J connectivity index is 1.48. The van der Waals surface area contributed by atoms with Crippen molar-refractivity contribution in [2.24, 2.45) is 17.8 Å². The second-order valence-corrected chi connectivity index (χ2v) is 9.72. The van der Waals surface area contributed by atoms with Crippen molar-refractivity contribution in [3.8, 4) is 0 Å². The zero-order valence-corrected chi connectivity index (χ0v) is 16.4. The summed E-state index contributed by atoms with van der Waals surface area (Å²) in [6.07, 6.45) is 14.3. The molecule has 4 rings (SSSR count). The van der Waals surface area contributed by atoms with E-state index in [-0.39, 0.29) is 18.0 Å². The number of alkyl halides is 1. The van der Waals surface area contributed by atoms with Crippen molar-refractivity contribution in [1.82, 2.24) is 4.90 Å². The van der Waals surface area contributed by atoms with Crippen LogP contribution in [0.4, 0.5) is 0 Å². The standard InChI is InChI=1S/C21H34ClNO2/c1-23-16-11-12-19(23)20(21(24)25-17-5-3-2-4-6-17)18(13-16)14-7-9-15(22)10-8-14/h14-20H,2-13H2,1H3. The van der Waals surface area contributed by atoms with Crippen LogP contribution < -0.4 is 0 Å². The van der Waals surface area contributed by atoms with Gasteiger partial charge in [0.25, 0.3) is 0 Å². The normalized spacial score (nSPS) is 43.1. The topological polar surface area (TPSA) is 29.5 Å². The van der Waals surface area contributed by atoms with E-state index in [0.717, 1.165) is 25.7 Å². The fraction of sp³-hybridized carbons (Fsp3) is 0.952. The lowest BCUT2D eigenvalue weighted by Gasteiger charge is -2.46. The molecule has 4 heteroatoms. The zero-order valence-electron chi connectivity index (χ0n) is 15.7. The summed E-state index contributed by atoms with van der Waals surface area (Å²) in [7, 11) is 2.23. The second-order valence-electron chi connectivity index (χ2n) is 9.10. The number of fused-ring (bicyclic) bond motifs is 2. The van der Waals surface area contributed by atoms with Gasteiger partial charge in [-0.3, -0.25) is 9.69 Å². The molecule has 0 spiro atoms. The van der Waals surface area contributed by atoms with Gasteiger partial charge in [-0.25, -0.2) is 0 Å². The molecule has 0 N–H and O–H groups in total. The summed E-state index contributed by atoms with van der Waals surface area (Å²) in [5, 5.41) is 0.354. The maximum atomic E-state index is 13.2. The first-order valence-electron chi connectivity index (χ1n) is 10.7. The highest BCUT2D eigenvalue weighted by molar-refractivity contribution is 6.20. The summed E-state index contributed by atoms with van der Waals surface area (Å²) < 4.78 is 6.08. The van der Waals surface area contributed by atoms with Gasteiger partial charge in [0.2, 0.25) is 0 Å². The predicted molar refractivity (Wildman–Crippen MR) is 101 cm³/mol. The fourth-order valence-electron chi connectivity index (χ4n) is 6.25. The van der Waals surface area contributed by atoms with E-state index in [1.165, 1.54) is 51.4 Å². The molecular weight excluding hydrogens is 334 g/mol. The van der Waals surface area contributed by atoms with Crippen LogP contribution in [-0.4, -0.2) is 41.5 Å². The highest BCUT2D eigenvalue weighted by Gasteiger charge is 2.51. The van der Waals surface area contributed by atoms with Gasteiger partial charge in [0, 0.05) is 17.5 Å². The highest BCUT2D eigenvalue weighted by atomic mass is 35.5. The third kappa shape index (κ3) is 3.74. The zero-order chi connectivity index (χ0) is 17.4. The van der Waals surface area contributed by atoms with Crippen molar-refractivity contribution in [3.63, 3.8) is 0 Å². The van der Waals surface area contributed by atoms with E-state index in [1.807, 2.05) is 0 Å². The lowest BCUT2D eigenvalue weighted by atomic mass is 9.68. The minimum Gasteiger partial charge on any atom is -0.462 e. The number of rotatable bonds is 3. The Hall–Kier alpha value is -0.280. The molecular formula is C21H34ClNO2. The van der Waals surface area contributed by atoms with Crippen LogP contribution in [0.2, 0.25) is 0 Å². The summed E-state index contributed by atoms with van der Waals surface area (Å²) in [5.74, 6) is 1.43. The van der Waals surface area contributed by atoms with Crippen molar-refractivity contribution in [3.05, 3.63) is 0 Å². The fourth-order valence-corrected chi connectivity index (χ4v) is 6.51. The Morgan fingerprint density at radius 1 is 0.960 bits per heavy atom. The van der Waals surface area contributed by atoms with Crippen molar-refractivity contribution < 1.29 is 9.53 Å². The van der Waals surface area contributed by atoms with Crippen LogP contribution >= 0.6 is 11.6 Å². The molecule has 0 amide bonds. The molecule has 4 atom stereocenters. The lowest BCUT2D eigenvalue weighted by molar-refractivity contribution is -0.164. The molecule has 2 saturated heterocycles. The van der Waals surface area contributed by atoms with E-state index in [9.17, 15) is 4.79 Å². The molecule has 3 nitrogen and oxygen atoms in total. The van der Waals surface area contributed by atoms with Gasteiger partial charge in [-0.15, -0.1) is 11.6 Å². The van der Waals surface area contributed by atoms with Gasteiger partial charge in [0.1, 0.15) is 6.10 Å². The molecule has 2 saturated carbocycles. The van der Waals surface area contributed by atoms with Gasteiger partial charge >= 0.3 is 5.97 Å². The van der Waals surface area contributed by atoms with Gasteiger partial charge in [-0.05, 0) is 89.5 Å². The molecule has 4 fully saturated rings. The minimum absolute atomic E-state index is 0.0996. The number of carbonyl (C=O) groups is 1. The van der Waals surface area contributed by atoms with Crippen LogP contribution in [0.25, 0.3) is 0 Å². The van der Waals surface area contributed by atoms with E-state index >= 15 is 0 Å². The van der Waals surface area contributed by atoms with Gasteiger partial charge in [-0.1, -0.05) is 6.42 Å². The molecule has 2 heterocycles. The van der Waals surface area contributed by atoms with Crippen LogP contribution in [0.5, 0.6) is 0 Å². The van der Waals surface area contributed by atoms with Gasteiger partial charge in [0.05, 0.1) is 5.92 Å². The third-order valence-corrected chi connectivity index (χ3v) is 8.17. The molecule has 2 aliphatic carbocycles. The smallest absolute Gasteiger partial charge is 0.311 e. The Kier molecular flexibility index (Phi) is 5.62. The molecule has 0 aromatic rings. The number of piperidine rings is 1. The van der Waals surface area contributed by atoms with Crippen molar-refractivity contribution >= 4 is 17.6 Å². The van der Waals surface area contributed by atoms with Gasteiger partial charge in [-0.2, -0.15) is 0 Å². The van der Waals surface area contributed by atoms with Crippen LogP contribution in [-0.2, 0) is 9.53 Å². The maximum Gasteiger partial charge on any atom is 0.311 e. The summed E-state index contributed by atoms with van der Waals surface area (Å²) in [4.78, 5) is 15.7. The van der Waals surface area contributed by atoms with Crippen LogP contribution in [0, 0.1) is 17.8 Å². The van der Waals surface area contributed by atoms with Crippen LogP contribution in [0.3, 0.4) is 0 Å². The quantitative estimate of drug-likeness (QED) is 0.532. The van der Waals surface area contributed by atoms with E-state index in [2.05, 4.69) is 11.9 Å². The van der Waals surface area contributed by atoms with E-state index in [1.54, 1.807) is 0 Å². The second kappa shape index (κ2) is 7.76. The number of carbonyl (C=O) groups excluding carboxylic acids is 1. The third-order valence-electron chi connectivity index (χ3n) is 7.73. The van der Waals surface area contributed by atoms with E-state index in [0.29, 0.717) is 29.3 Å². The number of esters is 1. The number of halogens is 1. The number of ether oxygens (including phenoxy) is 1. The predicted octanol–water partition coefficient (Wildman–Crippen LogP) is 4.76. The summed E-state index contributed by atoms with van der Waals surface area (Å²) >= 11 is 6.34. The van der Waals surface area contributed by atoms with E-state index in [4.69, 9.17) is 16.3 Å². The Labute approximate surface area is 157 Å². The molecule has 2 aliphatic heterocycles. The summed E-state index contributed by atoms with van der Waals surface area (Å²) in [6, 6.07) is 1.09. The number of hydrogen-bond donors (Lipinski definition) is 0. The summed E-state index contributed by atoms with van der Waals surface area (Å²) in [6.45, 7) is 0. The highest BCUT2D eigenvalue weighted by Crippen LogP contribution is 2.48. The monoisotopic (exact) mass is 367 g/mol. The number of nitrogens with zero attached hydrogens (tertiary/aromatic N) is 1. The minimum atomic E-state index is 0.0996. The van der Waals surface area contributed by atoms with E-state index < -0.39 is 0 Å². The molecule has 2 bridgehead atoms. The first kappa shape index (κ1) is 18.1. The number of hydrogen-bond acceptors (Lipinski definition) is 3. The molecule has 0 radical (unpaired) electrons. The summed E-state index contributed by atoms with van der Waals surface area (Å²) in [5.41, 5.74) is 0. The average molecular weight is 368 g/mol. The van der Waals surface area contributed by atoms with Gasteiger partial charge in [0.15, 0.2) is 0 Å². The molecule has 4 aliphatic rings. The van der Waals surface area contributed by atoms with Gasteiger partial charge < -0.3 is 4.74 Å². The first-order valence-corrected chi connectivity index (χ1v) is 11.1. The Morgan fingerprint density at radius 3 is 2.40 bits per heavy atom. The van der Waals surface area contributed by atoms with Crippen molar-refractivity contribution in [1.29, 1.82) is 0 Å². The SMILES string of the molecule is CN1C2CCC1C(C(=O)OC1CCCCC1)C(C1CCC(Cl)CC1)C2. The van der Waals surface area contributed by atoms with Crippen molar-refractivity contribution in [2.45, 2.75) is 101 Å². The molecule has 4 unspecified atom stereocenters. The molecule has 0 aromatic carbocycles.